The van der Waals surface area contributed by atoms with E-state index in [1.54, 1.807) is 13.8 Å². The van der Waals surface area contributed by atoms with Gasteiger partial charge in [0.25, 0.3) is 0 Å². The van der Waals surface area contributed by atoms with E-state index in [1.165, 1.54) is 4.90 Å². The van der Waals surface area contributed by atoms with E-state index in [9.17, 15) is 19.5 Å². The maximum Gasteiger partial charge on any atom is 0.326 e. The van der Waals surface area contributed by atoms with Crippen LogP contribution < -0.4 is 5.32 Å². The van der Waals surface area contributed by atoms with Crippen molar-refractivity contribution in [1.29, 1.82) is 0 Å². The molecule has 27 heavy (non-hydrogen) atoms. The lowest BCUT2D eigenvalue weighted by Gasteiger charge is -2.27. The number of carboxylic acid groups (broad SMARTS) is 1. The summed E-state index contributed by atoms with van der Waals surface area (Å²) < 4.78 is 5.14. The maximum atomic E-state index is 12.7. The molecule has 0 radical (unpaired) electrons. The van der Waals surface area contributed by atoms with Crippen molar-refractivity contribution in [3.63, 3.8) is 0 Å². The predicted molar refractivity (Wildman–Crippen MR) is 100 cm³/mol. The Hall–Kier alpha value is -2.41. The van der Waals surface area contributed by atoms with Crippen molar-refractivity contribution >= 4 is 17.8 Å². The van der Waals surface area contributed by atoms with Gasteiger partial charge in [-0.2, -0.15) is 0 Å². The molecule has 3 atom stereocenters. The zero-order chi connectivity index (χ0) is 19.8. The van der Waals surface area contributed by atoms with Crippen LogP contribution in [0.4, 0.5) is 0 Å². The minimum atomic E-state index is -0.987. The number of hydrogen-bond donors (Lipinski definition) is 2. The molecule has 1 aromatic carbocycles. The smallest absolute Gasteiger partial charge is 0.326 e. The lowest BCUT2D eigenvalue weighted by molar-refractivity contribution is -0.150. The number of esters is 1. The number of ether oxygens (including phenoxy) is 1. The zero-order valence-electron chi connectivity index (χ0n) is 15.9. The van der Waals surface area contributed by atoms with Gasteiger partial charge in [-0.15, -0.1) is 0 Å². The van der Waals surface area contributed by atoms with Crippen molar-refractivity contribution in [2.45, 2.75) is 57.7 Å². The van der Waals surface area contributed by atoms with Gasteiger partial charge in [-0.1, -0.05) is 30.3 Å². The Morgan fingerprint density at radius 2 is 2.00 bits per heavy atom. The van der Waals surface area contributed by atoms with E-state index in [-0.39, 0.29) is 12.5 Å². The first-order chi connectivity index (χ1) is 12.9. The molecule has 1 aliphatic heterocycles. The molecule has 0 aliphatic carbocycles. The fourth-order valence-electron chi connectivity index (χ4n) is 3.38. The highest BCUT2D eigenvalue weighted by Gasteiger charge is 2.36. The molecule has 7 nitrogen and oxygen atoms in total. The average Bonchev–Trinajstić information content (AvgIpc) is 3.15. The molecule has 7 heteroatoms. The number of aryl methyl sites for hydroxylation is 1. The maximum absolute atomic E-state index is 12.7. The summed E-state index contributed by atoms with van der Waals surface area (Å²) in [5, 5.41) is 12.3. The molecule has 1 saturated heterocycles. The van der Waals surface area contributed by atoms with E-state index in [0.29, 0.717) is 32.2 Å². The van der Waals surface area contributed by atoms with Gasteiger partial charge in [0.2, 0.25) is 5.91 Å². The average molecular weight is 376 g/mol. The summed E-state index contributed by atoms with van der Waals surface area (Å²) in [6, 6.07) is 7.69. The predicted octanol–water partition coefficient (Wildman–Crippen LogP) is 1.60. The van der Waals surface area contributed by atoms with Gasteiger partial charge >= 0.3 is 11.9 Å². The minimum Gasteiger partial charge on any atom is -0.480 e. The van der Waals surface area contributed by atoms with Crippen LogP contribution >= 0.6 is 0 Å². The zero-order valence-corrected chi connectivity index (χ0v) is 15.9. The molecule has 1 heterocycles. The third-order valence-corrected chi connectivity index (χ3v) is 4.78. The Morgan fingerprint density at radius 1 is 1.30 bits per heavy atom. The third-order valence-electron chi connectivity index (χ3n) is 4.78. The molecule has 0 aromatic heterocycles. The molecule has 0 spiro atoms. The first kappa shape index (κ1) is 20.9. The summed E-state index contributed by atoms with van der Waals surface area (Å²) in [6.45, 7) is 4.09. The molecule has 1 aliphatic rings. The van der Waals surface area contributed by atoms with Crippen LogP contribution in [0, 0.1) is 0 Å². The minimum absolute atomic E-state index is 0.262. The molecule has 1 aromatic rings. The topological polar surface area (TPSA) is 95.9 Å². The van der Waals surface area contributed by atoms with Crippen molar-refractivity contribution in [1.82, 2.24) is 10.2 Å². The van der Waals surface area contributed by atoms with Gasteiger partial charge in [-0.25, -0.2) is 4.79 Å². The molecule has 2 rings (SSSR count). The summed E-state index contributed by atoms with van der Waals surface area (Å²) in [6.07, 6.45) is 2.29. The van der Waals surface area contributed by atoms with Gasteiger partial charge in [0.1, 0.15) is 12.1 Å². The first-order valence-corrected chi connectivity index (χ1v) is 9.44. The van der Waals surface area contributed by atoms with Crippen molar-refractivity contribution in [3.8, 4) is 0 Å². The van der Waals surface area contributed by atoms with Crippen LogP contribution in [-0.4, -0.2) is 59.1 Å². The molecule has 0 saturated carbocycles. The van der Waals surface area contributed by atoms with Crippen LogP contribution in [0.3, 0.4) is 0 Å². The highest BCUT2D eigenvalue weighted by Crippen LogP contribution is 2.19. The Kier molecular flexibility index (Phi) is 7.79. The summed E-state index contributed by atoms with van der Waals surface area (Å²) in [4.78, 5) is 37.7. The van der Waals surface area contributed by atoms with E-state index >= 15 is 0 Å². The standard InChI is InChI=1S/C20H28N2O5/c1-3-27-20(26)16(12-11-15-8-5-4-6-9-15)21-14(2)18(23)22-13-7-10-17(22)19(24)25/h4-6,8-9,14,16-17,21H,3,7,10-13H2,1-2H3,(H,24,25)/t14-,16-,17?/m1/s1. The highest BCUT2D eigenvalue weighted by molar-refractivity contribution is 5.88. The van der Waals surface area contributed by atoms with E-state index < -0.39 is 30.1 Å². The molecule has 0 bridgehead atoms. The number of nitrogens with one attached hydrogen (secondary N) is 1. The molecular weight excluding hydrogens is 348 g/mol. The van der Waals surface area contributed by atoms with Gasteiger partial charge in [-0.05, 0) is 45.1 Å². The quantitative estimate of drug-likeness (QED) is 0.636. The van der Waals surface area contributed by atoms with Crippen molar-refractivity contribution < 1.29 is 24.2 Å². The second-order valence-corrected chi connectivity index (χ2v) is 6.75. The number of hydrogen-bond acceptors (Lipinski definition) is 5. The number of amides is 1. The van der Waals surface area contributed by atoms with E-state index in [2.05, 4.69) is 5.32 Å². The van der Waals surface area contributed by atoms with Crippen molar-refractivity contribution in [3.05, 3.63) is 35.9 Å². The van der Waals surface area contributed by atoms with Crippen LogP contribution in [0.2, 0.25) is 0 Å². The summed E-state index contributed by atoms with van der Waals surface area (Å²) in [5.74, 6) is -1.68. The Balaban J connectivity index is 2.01. The largest absolute Gasteiger partial charge is 0.480 e. The lowest BCUT2D eigenvalue weighted by Crippen LogP contribution is -2.53. The monoisotopic (exact) mass is 376 g/mol. The fourth-order valence-corrected chi connectivity index (χ4v) is 3.38. The molecule has 1 fully saturated rings. The van der Waals surface area contributed by atoms with Crippen LogP contribution in [-0.2, 0) is 25.5 Å². The number of nitrogens with zero attached hydrogens (tertiary/aromatic N) is 1. The highest BCUT2D eigenvalue weighted by atomic mass is 16.5. The van der Waals surface area contributed by atoms with E-state index in [0.717, 1.165) is 5.56 Å². The number of benzene rings is 1. The number of aliphatic carboxylic acids is 1. The van der Waals surface area contributed by atoms with Crippen LogP contribution in [0.5, 0.6) is 0 Å². The van der Waals surface area contributed by atoms with Crippen LogP contribution in [0.15, 0.2) is 30.3 Å². The SMILES string of the molecule is CCOC(=O)[C@@H](CCc1ccccc1)N[C@H](C)C(=O)N1CCCC1C(=O)O. The van der Waals surface area contributed by atoms with Gasteiger partial charge in [0, 0.05) is 6.54 Å². The van der Waals surface area contributed by atoms with Crippen LogP contribution in [0.1, 0.15) is 38.7 Å². The second kappa shape index (κ2) is 10.1. The van der Waals surface area contributed by atoms with Crippen molar-refractivity contribution in [2.24, 2.45) is 0 Å². The summed E-state index contributed by atoms with van der Waals surface area (Å²) in [5.41, 5.74) is 1.10. The van der Waals surface area contributed by atoms with Crippen molar-refractivity contribution in [2.75, 3.05) is 13.2 Å². The first-order valence-electron chi connectivity index (χ1n) is 9.44. The number of carbonyl (C=O) groups is 3. The van der Waals surface area contributed by atoms with Gasteiger partial charge < -0.3 is 14.7 Å². The molecular formula is C20H28N2O5. The number of likely N-dealkylation sites (tertiary alicyclic amines) is 1. The normalized spacial score (nSPS) is 18.7. The number of carboxylic acids is 1. The third kappa shape index (κ3) is 5.79. The molecule has 2 N–H and O–H groups in total. The second-order valence-electron chi connectivity index (χ2n) is 6.75. The summed E-state index contributed by atoms with van der Waals surface area (Å²) in [7, 11) is 0. The Labute approximate surface area is 159 Å². The Bertz CT molecular complexity index is 649. The fraction of sp³-hybridized carbons (Fsp3) is 0.550. The van der Waals surface area contributed by atoms with Gasteiger partial charge in [-0.3, -0.25) is 14.9 Å². The van der Waals surface area contributed by atoms with E-state index in [1.807, 2.05) is 30.3 Å². The lowest BCUT2D eigenvalue weighted by atomic mass is 10.0. The van der Waals surface area contributed by atoms with Gasteiger partial charge in [0.05, 0.1) is 12.6 Å². The Morgan fingerprint density at radius 3 is 2.63 bits per heavy atom. The molecule has 148 valence electrons. The summed E-state index contributed by atoms with van der Waals surface area (Å²) >= 11 is 0. The molecule has 1 unspecified atom stereocenters. The molecule has 1 amide bonds. The van der Waals surface area contributed by atoms with E-state index in [4.69, 9.17) is 4.74 Å². The van der Waals surface area contributed by atoms with Crippen LogP contribution in [0.25, 0.3) is 0 Å². The van der Waals surface area contributed by atoms with Gasteiger partial charge in [0.15, 0.2) is 0 Å². The number of carbonyl (C=O) groups excluding carboxylic acids is 2. The number of rotatable bonds is 9.